The first-order chi connectivity index (χ1) is 8.20. The topological polar surface area (TPSA) is 33.1 Å². The highest BCUT2D eigenvalue weighted by atomic mass is 15.2. The molecule has 0 aliphatic heterocycles. The van der Waals surface area contributed by atoms with E-state index in [1.807, 2.05) is 17.9 Å². The summed E-state index contributed by atoms with van der Waals surface area (Å²) in [7, 11) is 4.20. The highest BCUT2D eigenvalue weighted by Gasteiger charge is 2.29. The predicted molar refractivity (Wildman–Crippen MR) is 69.8 cm³/mol. The zero-order valence-electron chi connectivity index (χ0n) is 11.2. The van der Waals surface area contributed by atoms with Crippen LogP contribution < -0.4 is 5.32 Å². The van der Waals surface area contributed by atoms with E-state index in [0.29, 0.717) is 12.1 Å². The van der Waals surface area contributed by atoms with Crippen LogP contribution in [-0.4, -0.2) is 40.4 Å². The third kappa shape index (κ3) is 3.07. The van der Waals surface area contributed by atoms with Gasteiger partial charge in [0.1, 0.15) is 0 Å². The molecule has 1 N–H and O–H groups in total. The van der Waals surface area contributed by atoms with Gasteiger partial charge in [-0.15, -0.1) is 0 Å². The van der Waals surface area contributed by atoms with Crippen LogP contribution >= 0.6 is 0 Å². The maximum atomic E-state index is 4.23. The average Bonchev–Trinajstić information content (AvgIpc) is 2.88. The van der Waals surface area contributed by atoms with Crippen molar-refractivity contribution in [2.45, 2.75) is 44.8 Å². The number of rotatable bonds is 5. The molecule has 0 spiro atoms. The number of hydrogen-bond acceptors (Lipinski definition) is 3. The fourth-order valence-corrected chi connectivity index (χ4v) is 2.93. The first-order valence-corrected chi connectivity index (χ1v) is 6.62. The molecule has 1 heterocycles. The van der Waals surface area contributed by atoms with Crippen LogP contribution in [0.2, 0.25) is 0 Å². The van der Waals surface area contributed by atoms with Crippen LogP contribution in [0, 0.1) is 0 Å². The average molecular weight is 236 g/mol. The molecule has 96 valence electrons. The number of likely N-dealkylation sites (N-methyl/N-ethyl adjacent to an activating group) is 2. The molecular formula is C13H24N4. The Morgan fingerprint density at radius 3 is 3.00 bits per heavy atom. The maximum absolute atomic E-state index is 4.23. The van der Waals surface area contributed by atoms with Crippen molar-refractivity contribution in [2.75, 3.05) is 13.6 Å². The van der Waals surface area contributed by atoms with Gasteiger partial charge in [0, 0.05) is 37.4 Å². The monoisotopic (exact) mass is 236 g/mol. The molecule has 1 fully saturated rings. The molecule has 1 aliphatic rings. The van der Waals surface area contributed by atoms with Gasteiger partial charge in [-0.3, -0.25) is 9.58 Å². The van der Waals surface area contributed by atoms with Gasteiger partial charge < -0.3 is 5.32 Å². The third-order valence-corrected chi connectivity index (χ3v) is 3.70. The Morgan fingerprint density at radius 1 is 1.53 bits per heavy atom. The van der Waals surface area contributed by atoms with Crippen LogP contribution in [0.3, 0.4) is 0 Å². The number of nitrogens with one attached hydrogen (secondary N) is 1. The summed E-state index contributed by atoms with van der Waals surface area (Å²) < 4.78 is 1.87. The van der Waals surface area contributed by atoms with E-state index in [2.05, 4.69) is 35.5 Å². The normalized spacial score (nSPS) is 24.7. The molecule has 0 saturated heterocycles. The van der Waals surface area contributed by atoms with E-state index in [9.17, 15) is 0 Å². The fraction of sp³-hybridized carbons (Fsp3) is 0.769. The van der Waals surface area contributed by atoms with Crippen LogP contribution in [0.1, 0.15) is 31.7 Å². The molecule has 0 bridgehead atoms. The van der Waals surface area contributed by atoms with Crippen LogP contribution in [0.4, 0.5) is 0 Å². The summed E-state index contributed by atoms with van der Waals surface area (Å²) in [6.45, 7) is 4.26. The summed E-state index contributed by atoms with van der Waals surface area (Å²) in [5.74, 6) is 0. The molecule has 1 saturated carbocycles. The van der Waals surface area contributed by atoms with Crippen LogP contribution in [-0.2, 0) is 13.6 Å². The van der Waals surface area contributed by atoms with Gasteiger partial charge in [0.05, 0.1) is 6.20 Å². The van der Waals surface area contributed by atoms with E-state index < -0.39 is 0 Å². The van der Waals surface area contributed by atoms with E-state index in [1.54, 1.807) is 0 Å². The Bertz CT molecular complexity index is 347. The number of aryl methyl sites for hydroxylation is 1. The Labute approximate surface area is 104 Å². The minimum atomic E-state index is 0.668. The molecule has 0 amide bonds. The SMILES string of the molecule is CCNC1CCCC1N(C)Cc1cnn(C)c1. The third-order valence-electron chi connectivity index (χ3n) is 3.70. The first-order valence-electron chi connectivity index (χ1n) is 6.62. The zero-order valence-corrected chi connectivity index (χ0v) is 11.2. The number of hydrogen-bond donors (Lipinski definition) is 1. The predicted octanol–water partition coefficient (Wildman–Crippen LogP) is 1.38. The van der Waals surface area contributed by atoms with Gasteiger partial charge in [-0.1, -0.05) is 13.3 Å². The molecule has 17 heavy (non-hydrogen) atoms. The summed E-state index contributed by atoms with van der Waals surface area (Å²) in [4.78, 5) is 2.47. The van der Waals surface area contributed by atoms with Crippen molar-refractivity contribution >= 4 is 0 Å². The van der Waals surface area contributed by atoms with Crippen LogP contribution in [0.5, 0.6) is 0 Å². The highest BCUT2D eigenvalue weighted by molar-refractivity contribution is 5.04. The van der Waals surface area contributed by atoms with E-state index in [1.165, 1.54) is 24.8 Å². The van der Waals surface area contributed by atoms with E-state index in [0.717, 1.165) is 13.1 Å². The smallest absolute Gasteiger partial charge is 0.0534 e. The molecule has 2 atom stereocenters. The Hall–Kier alpha value is -0.870. The van der Waals surface area contributed by atoms with Crippen molar-refractivity contribution < 1.29 is 0 Å². The van der Waals surface area contributed by atoms with Gasteiger partial charge in [-0.05, 0) is 26.4 Å². The molecule has 0 radical (unpaired) electrons. The lowest BCUT2D eigenvalue weighted by atomic mass is 10.1. The largest absolute Gasteiger partial charge is 0.313 e. The molecule has 2 rings (SSSR count). The number of nitrogens with zero attached hydrogens (tertiary/aromatic N) is 3. The minimum absolute atomic E-state index is 0.668. The lowest BCUT2D eigenvalue weighted by Gasteiger charge is -2.29. The standard InChI is InChI=1S/C13H24N4/c1-4-14-12-6-5-7-13(12)16(2)9-11-8-15-17(3)10-11/h8,10,12-14H,4-7,9H2,1-3H3. The van der Waals surface area contributed by atoms with Crippen molar-refractivity contribution in [1.29, 1.82) is 0 Å². The molecule has 2 unspecified atom stereocenters. The van der Waals surface area contributed by atoms with Gasteiger partial charge in [0.2, 0.25) is 0 Å². The van der Waals surface area contributed by atoms with Crippen LogP contribution in [0.15, 0.2) is 12.4 Å². The molecule has 1 aromatic heterocycles. The van der Waals surface area contributed by atoms with Gasteiger partial charge in [-0.2, -0.15) is 5.10 Å². The fourth-order valence-electron chi connectivity index (χ4n) is 2.93. The summed E-state index contributed by atoms with van der Waals surface area (Å²) in [6, 6.07) is 1.34. The Morgan fingerprint density at radius 2 is 2.35 bits per heavy atom. The van der Waals surface area contributed by atoms with Crippen LogP contribution in [0.25, 0.3) is 0 Å². The van der Waals surface area contributed by atoms with Crippen molar-refractivity contribution in [3.8, 4) is 0 Å². The molecule has 0 aromatic carbocycles. The Balaban J connectivity index is 1.92. The first kappa shape index (κ1) is 12.6. The quantitative estimate of drug-likeness (QED) is 0.838. The molecule has 4 heteroatoms. The molecule has 1 aliphatic carbocycles. The Kier molecular flexibility index (Phi) is 4.18. The van der Waals surface area contributed by atoms with Crippen molar-refractivity contribution in [3.63, 3.8) is 0 Å². The lowest BCUT2D eigenvalue weighted by molar-refractivity contribution is 0.205. The summed E-state index contributed by atoms with van der Waals surface area (Å²) in [6.07, 6.45) is 8.05. The second-order valence-electron chi connectivity index (χ2n) is 5.10. The molecule has 1 aromatic rings. The summed E-state index contributed by atoms with van der Waals surface area (Å²) >= 11 is 0. The van der Waals surface area contributed by atoms with Gasteiger partial charge in [0.25, 0.3) is 0 Å². The summed E-state index contributed by atoms with van der Waals surface area (Å²) in [5, 5.41) is 7.83. The van der Waals surface area contributed by atoms with Crippen molar-refractivity contribution in [3.05, 3.63) is 18.0 Å². The van der Waals surface area contributed by atoms with Gasteiger partial charge in [-0.25, -0.2) is 0 Å². The van der Waals surface area contributed by atoms with E-state index in [-0.39, 0.29) is 0 Å². The number of aromatic nitrogens is 2. The van der Waals surface area contributed by atoms with Gasteiger partial charge in [0.15, 0.2) is 0 Å². The van der Waals surface area contributed by atoms with E-state index >= 15 is 0 Å². The van der Waals surface area contributed by atoms with Gasteiger partial charge >= 0.3 is 0 Å². The lowest BCUT2D eigenvalue weighted by Crippen LogP contribution is -2.44. The highest BCUT2D eigenvalue weighted by Crippen LogP contribution is 2.24. The van der Waals surface area contributed by atoms with Crippen molar-refractivity contribution in [1.82, 2.24) is 20.0 Å². The second-order valence-corrected chi connectivity index (χ2v) is 5.10. The zero-order chi connectivity index (χ0) is 12.3. The van der Waals surface area contributed by atoms with E-state index in [4.69, 9.17) is 0 Å². The maximum Gasteiger partial charge on any atom is 0.0534 e. The van der Waals surface area contributed by atoms with Crippen molar-refractivity contribution in [2.24, 2.45) is 7.05 Å². The second kappa shape index (κ2) is 5.65. The molecular weight excluding hydrogens is 212 g/mol. The minimum Gasteiger partial charge on any atom is -0.313 e. The molecule has 4 nitrogen and oxygen atoms in total. The summed E-state index contributed by atoms with van der Waals surface area (Å²) in [5.41, 5.74) is 1.30.